The number of rotatable bonds is 3. The van der Waals surface area contributed by atoms with Crippen LogP contribution in [0.3, 0.4) is 0 Å². The molecule has 0 radical (unpaired) electrons. The molecule has 116 valence electrons. The smallest absolute Gasteiger partial charge is 0.341 e. The summed E-state index contributed by atoms with van der Waals surface area (Å²) in [6.45, 7) is 2.49. The maximum Gasteiger partial charge on any atom is 0.341 e. The van der Waals surface area contributed by atoms with Crippen LogP contribution >= 0.6 is 0 Å². The standard InChI is InChI=1S/C18H14O5/c1-10-2-5-13-15(6-10)17(20)23-18(13)22-8-11-3-4-12-9-21-16(19)14(12)7-11/h2-7,18H,8-9H2,1H3. The molecule has 2 heterocycles. The van der Waals surface area contributed by atoms with Gasteiger partial charge in [-0.3, -0.25) is 0 Å². The first-order chi connectivity index (χ1) is 11.1. The van der Waals surface area contributed by atoms with E-state index in [0.717, 1.165) is 22.3 Å². The van der Waals surface area contributed by atoms with Gasteiger partial charge in [0, 0.05) is 11.1 Å². The average Bonchev–Trinajstić information content (AvgIpc) is 3.06. The molecule has 5 heteroatoms. The van der Waals surface area contributed by atoms with Crippen LogP contribution in [0.1, 0.15) is 49.3 Å². The number of fused-ring (bicyclic) bond motifs is 2. The van der Waals surface area contributed by atoms with Gasteiger partial charge in [-0.25, -0.2) is 9.59 Å². The van der Waals surface area contributed by atoms with Crippen molar-refractivity contribution in [3.63, 3.8) is 0 Å². The first-order valence-corrected chi connectivity index (χ1v) is 7.34. The number of carbonyl (C=O) groups is 2. The van der Waals surface area contributed by atoms with Crippen LogP contribution < -0.4 is 0 Å². The lowest BCUT2D eigenvalue weighted by atomic mass is 10.1. The number of cyclic esters (lactones) is 2. The van der Waals surface area contributed by atoms with E-state index in [1.54, 1.807) is 12.1 Å². The highest BCUT2D eigenvalue weighted by Crippen LogP contribution is 2.33. The van der Waals surface area contributed by atoms with Gasteiger partial charge in [-0.1, -0.05) is 29.8 Å². The molecule has 1 atom stereocenters. The number of ether oxygens (including phenoxy) is 3. The normalized spacial score (nSPS) is 18.4. The Morgan fingerprint density at radius 2 is 1.96 bits per heavy atom. The van der Waals surface area contributed by atoms with E-state index in [2.05, 4.69) is 0 Å². The van der Waals surface area contributed by atoms with Crippen molar-refractivity contribution in [1.82, 2.24) is 0 Å². The zero-order chi connectivity index (χ0) is 16.0. The number of benzene rings is 2. The van der Waals surface area contributed by atoms with Crippen LogP contribution in [0.4, 0.5) is 0 Å². The summed E-state index contributed by atoms with van der Waals surface area (Å²) in [5, 5.41) is 0. The lowest BCUT2D eigenvalue weighted by Crippen LogP contribution is -2.05. The Balaban J connectivity index is 1.52. The van der Waals surface area contributed by atoms with Crippen LogP contribution in [-0.4, -0.2) is 11.9 Å². The lowest BCUT2D eigenvalue weighted by molar-refractivity contribution is -0.111. The summed E-state index contributed by atoms with van der Waals surface area (Å²) in [7, 11) is 0. The fourth-order valence-electron chi connectivity index (χ4n) is 2.82. The van der Waals surface area contributed by atoms with E-state index >= 15 is 0 Å². The molecule has 0 aliphatic carbocycles. The van der Waals surface area contributed by atoms with Crippen LogP contribution in [0, 0.1) is 6.92 Å². The minimum atomic E-state index is -0.710. The van der Waals surface area contributed by atoms with Gasteiger partial charge in [0.15, 0.2) is 0 Å². The van der Waals surface area contributed by atoms with Crippen LogP contribution in [-0.2, 0) is 27.4 Å². The molecule has 0 spiro atoms. The molecule has 2 aliphatic rings. The first-order valence-electron chi connectivity index (χ1n) is 7.34. The largest absolute Gasteiger partial charge is 0.457 e. The van der Waals surface area contributed by atoms with Crippen molar-refractivity contribution in [3.8, 4) is 0 Å². The molecule has 23 heavy (non-hydrogen) atoms. The molecular formula is C18H14O5. The summed E-state index contributed by atoms with van der Waals surface area (Å²) in [5.74, 6) is -0.679. The van der Waals surface area contributed by atoms with E-state index in [0.29, 0.717) is 17.7 Å². The van der Waals surface area contributed by atoms with Gasteiger partial charge in [0.05, 0.1) is 17.7 Å². The monoisotopic (exact) mass is 310 g/mol. The molecule has 2 aromatic rings. The lowest BCUT2D eigenvalue weighted by Gasteiger charge is -2.12. The number of hydrogen-bond acceptors (Lipinski definition) is 5. The minimum absolute atomic E-state index is 0.242. The summed E-state index contributed by atoms with van der Waals surface area (Å²) < 4.78 is 16.0. The molecule has 0 fully saturated rings. The summed E-state index contributed by atoms with van der Waals surface area (Å²) in [4.78, 5) is 23.5. The molecule has 0 bridgehead atoms. The Kier molecular flexibility index (Phi) is 3.16. The molecule has 0 N–H and O–H groups in total. The summed E-state index contributed by atoms with van der Waals surface area (Å²) in [5.41, 5.74) is 4.57. The fraction of sp³-hybridized carbons (Fsp3) is 0.222. The van der Waals surface area contributed by atoms with Gasteiger partial charge in [0.2, 0.25) is 6.29 Å². The van der Waals surface area contributed by atoms with E-state index in [1.165, 1.54) is 0 Å². The number of esters is 2. The second-order valence-electron chi connectivity index (χ2n) is 5.71. The Labute approximate surface area is 132 Å². The van der Waals surface area contributed by atoms with E-state index in [4.69, 9.17) is 14.2 Å². The molecule has 2 aliphatic heterocycles. The average molecular weight is 310 g/mol. The predicted molar refractivity (Wildman–Crippen MR) is 79.7 cm³/mol. The van der Waals surface area contributed by atoms with Crippen molar-refractivity contribution in [1.29, 1.82) is 0 Å². The fourth-order valence-corrected chi connectivity index (χ4v) is 2.82. The second kappa shape index (κ2) is 5.21. The third-order valence-electron chi connectivity index (χ3n) is 4.05. The summed E-state index contributed by atoms with van der Waals surface area (Å²) >= 11 is 0. The Hall–Kier alpha value is -2.66. The summed E-state index contributed by atoms with van der Waals surface area (Å²) in [6.07, 6.45) is -0.710. The molecule has 1 unspecified atom stereocenters. The van der Waals surface area contributed by atoms with E-state index < -0.39 is 6.29 Å². The summed E-state index contributed by atoms with van der Waals surface area (Å²) in [6, 6.07) is 11.1. The van der Waals surface area contributed by atoms with Crippen LogP contribution in [0.5, 0.6) is 0 Å². The van der Waals surface area contributed by atoms with Gasteiger partial charge in [-0.15, -0.1) is 0 Å². The molecule has 0 saturated carbocycles. The molecule has 0 aromatic heterocycles. The zero-order valence-corrected chi connectivity index (χ0v) is 12.5. The van der Waals surface area contributed by atoms with Crippen molar-refractivity contribution in [3.05, 3.63) is 69.8 Å². The van der Waals surface area contributed by atoms with Gasteiger partial charge in [-0.2, -0.15) is 0 Å². The van der Waals surface area contributed by atoms with Gasteiger partial charge in [-0.05, 0) is 24.6 Å². The number of carbonyl (C=O) groups excluding carboxylic acids is 2. The van der Waals surface area contributed by atoms with Crippen LogP contribution in [0.2, 0.25) is 0 Å². The molecule has 5 nitrogen and oxygen atoms in total. The predicted octanol–water partition coefficient (Wildman–Crippen LogP) is 3.05. The Bertz CT molecular complexity index is 824. The van der Waals surface area contributed by atoms with Crippen molar-refractivity contribution in [2.75, 3.05) is 0 Å². The highest BCUT2D eigenvalue weighted by atomic mass is 16.7. The van der Waals surface area contributed by atoms with Crippen molar-refractivity contribution in [2.45, 2.75) is 26.4 Å². The molecule has 0 saturated heterocycles. The molecule has 4 rings (SSSR count). The Morgan fingerprint density at radius 1 is 1.09 bits per heavy atom. The van der Waals surface area contributed by atoms with E-state index in [-0.39, 0.29) is 18.5 Å². The highest BCUT2D eigenvalue weighted by molar-refractivity contribution is 5.94. The maximum atomic E-state index is 11.9. The van der Waals surface area contributed by atoms with Crippen molar-refractivity contribution >= 4 is 11.9 Å². The van der Waals surface area contributed by atoms with Crippen molar-refractivity contribution < 1.29 is 23.8 Å². The van der Waals surface area contributed by atoms with Crippen LogP contribution in [0.25, 0.3) is 0 Å². The third-order valence-corrected chi connectivity index (χ3v) is 4.05. The van der Waals surface area contributed by atoms with Gasteiger partial charge < -0.3 is 14.2 Å². The Morgan fingerprint density at radius 3 is 2.83 bits per heavy atom. The topological polar surface area (TPSA) is 61.8 Å². The quantitative estimate of drug-likeness (QED) is 0.815. The van der Waals surface area contributed by atoms with Gasteiger partial charge in [0.1, 0.15) is 6.61 Å². The third kappa shape index (κ3) is 2.39. The van der Waals surface area contributed by atoms with Gasteiger partial charge in [0.25, 0.3) is 0 Å². The van der Waals surface area contributed by atoms with Gasteiger partial charge >= 0.3 is 11.9 Å². The highest BCUT2D eigenvalue weighted by Gasteiger charge is 2.31. The number of hydrogen-bond donors (Lipinski definition) is 0. The minimum Gasteiger partial charge on any atom is -0.457 e. The van der Waals surface area contributed by atoms with Crippen LogP contribution in [0.15, 0.2) is 36.4 Å². The SMILES string of the molecule is Cc1ccc2c(c1)C(=O)OC2OCc1ccc2c(c1)C(=O)OC2. The maximum absolute atomic E-state index is 11.9. The molecular weight excluding hydrogens is 296 g/mol. The first kappa shape index (κ1) is 14.0. The zero-order valence-electron chi connectivity index (χ0n) is 12.5. The number of aryl methyl sites for hydroxylation is 1. The second-order valence-corrected chi connectivity index (χ2v) is 5.71. The van der Waals surface area contributed by atoms with Crippen molar-refractivity contribution in [2.24, 2.45) is 0 Å². The van der Waals surface area contributed by atoms with E-state index in [9.17, 15) is 9.59 Å². The molecule has 2 aromatic carbocycles. The van der Waals surface area contributed by atoms with E-state index in [1.807, 2.05) is 31.2 Å². The molecule has 0 amide bonds.